The Balaban J connectivity index is 1.86. The minimum atomic E-state index is -0.239. The summed E-state index contributed by atoms with van der Waals surface area (Å²) in [5.41, 5.74) is 2.66. The molecule has 0 N–H and O–H groups in total. The van der Waals surface area contributed by atoms with Crippen molar-refractivity contribution in [1.82, 2.24) is 10.1 Å². The molecule has 0 aliphatic heterocycles. The van der Waals surface area contributed by atoms with Gasteiger partial charge in [0.2, 0.25) is 0 Å². The van der Waals surface area contributed by atoms with Crippen LogP contribution < -0.4 is 0 Å². The van der Waals surface area contributed by atoms with E-state index in [4.69, 9.17) is 4.52 Å². The van der Waals surface area contributed by atoms with Gasteiger partial charge >= 0.3 is 0 Å². The van der Waals surface area contributed by atoms with E-state index in [0.29, 0.717) is 5.89 Å². The maximum absolute atomic E-state index is 13.3. The second-order valence-corrected chi connectivity index (χ2v) is 5.35. The summed E-state index contributed by atoms with van der Waals surface area (Å²) in [7, 11) is 0. The van der Waals surface area contributed by atoms with Crippen LogP contribution in [0.2, 0.25) is 0 Å². The van der Waals surface area contributed by atoms with Crippen molar-refractivity contribution in [2.24, 2.45) is 0 Å². The molecule has 1 aromatic heterocycles. The fraction of sp³-hybridized carbons (Fsp3) is 0.222. The molecule has 1 heterocycles. The lowest BCUT2D eigenvalue weighted by Crippen LogP contribution is -1.93. The summed E-state index contributed by atoms with van der Waals surface area (Å²) in [6.45, 7) is 4.16. The first-order chi connectivity index (χ1) is 10.7. The van der Waals surface area contributed by atoms with E-state index in [9.17, 15) is 4.39 Å². The molecule has 0 radical (unpaired) electrons. The fourth-order valence-corrected chi connectivity index (χ4v) is 2.21. The van der Waals surface area contributed by atoms with Gasteiger partial charge in [0, 0.05) is 11.5 Å². The molecule has 0 amide bonds. The van der Waals surface area contributed by atoms with Gasteiger partial charge in [0.25, 0.3) is 5.89 Å². The number of rotatable bonds is 4. The van der Waals surface area contributed by atoms with Gasteiger partial charge in [0.15, 0.2) is 5.82 Å². The Labute approximate surface area is 128 Å². The normalized spacial score (nSPS) is 12.3. The van der Waals surface area contributed by atoms with Crippen LogP contribution in [0, 0.1) is 5.82 Å². The van der Waals surface area contributed by atoms with Gasteiger partial charge in [0.05, 0.1) is 0 Å². The van der Waals surface area contributed by atoms with Crippen molar-refractivity contribution in [3.8, 4) is 22.6 Å². The van der Waals surface area contributed by atoms with Crippen LogP contribution in [0.15, 0.2) is 53.1 Å². The van der Waals surface area contributed by atoms with Gasteiger partial charge in [-0.05, 0) is 41.8 Å². The predicted octanol–water partition coefficient (Wildman–Crippen LogP) is 5.06. The van der Waals surface area contributed by atoms with Gasteiger partial charge in [-0.3, -0.25) is 0 Å². The molecule has 0 aliphatic carbocycles. The summed E-state index contributed by atoms with van der Waals surface area (Å²) in [6, 6.07) is 14.2. The summed E-state index contributed by atoms with van der Waals surface area (Å²) < 4.78 is 18.6. The van der Waals surface area contributed by atoms with Gasteiger partial charge in [-0.15, -0.1) is 0 Å². The quantitative estimate of drug-likeness (QED) is 0.675. The molecule has 3 rings (SSSR count). The molecule has 0 bridgehead atoms. The van der Waals surface area contributed by atoms with Crippen molar-refractivity contribution < 1.29 is 8.91 Å². The molecule has 1 unspecified atom stereocenters. The molecule has 0 saturated heterocycles. The van der Waals surface area contributed by atoms with Crippen LogP contribution in [-0.2, 0) is 0 Å². The van der Waals surface area contributed by atoms with Crippen molar-refractivity contribution in [1.29, 1.82) is 0 Å². The zero-order valence-corrected chi connectivity index (χ0v) is 12.6. The molecule has 2 aromatic carbocycles. The van der Waals surface area contributed by atoms with Gasteiger partial charge in [0.1, 0.15) is 5.82 Å². The van der Waals surface area contributed by atoms with Crippen LogP contribution in [-0.4, -0.2) is 10.1 Å². The molecular formula is C18H17FN2O. The number of hydrogen-bond acceptors (Lipinski definition) is 3. The van der Waals surface area contributed by atoms with E-state index in [2.05, 4.69) is 24.0 Å². The van der Waals surface area contributed by atoms with Crippen molar-refractivity contribution in [3.05, 3.63) is 60.2 Å². The van der Waals surface area contributed by atoms with E-state index < -0.39 is 0 Å². The smallest absolute Gasteiger partial charge is 0.257 e. The SMILES string of the molecule is CCC(C)c1noc(-c2ccc(-c3cccc(F)c3)cc2)n1. The molecule has 0 spiro atoms. The monoisotopic (exact) mass is 296 g/mol. The van der Waals surface area contributed by atoms with Crippen LogP contribution in [0.3, 0.4) is 0 Å². The van der Waals surface area contributed by atoms with Crippen molar-refractivity contribution in [2.75, 3.05) is 0 Å². The van der Waals surface area contributed by atoms with Crippen LogP contribution in [0.1, 0.15) is 32.0 Å². The van der Waals surface area contributed by atoms with Gasteiger partial charge < -0.3 is 4.52 Å². The third-order valence-corrected chi connectivity index (χ3v) is 3.78. The lowest BCUT2D eigenvalue weighted by molar-refractivity contribution is 0.416. The fourth-order valence-electron chi connectivity index (χ4n) is 2.21. The molecule has 4 heteroatoms. The molecule has 3 nitrogen and oxygen atoms in total. The van der Waals surface area contributed by atoms with E-state index >= 15 is 0 Å². The highest BCUT2D eigenvalue weighted by atomic mass is 19.1. The van der Waals surface area contributed by atoms with E-state index in [0.717, 1.165) is 28.9 Å². The minimum Gasteiger partial charge on any atom is -0.334 e. The Morgan fingerprint density at radius 3 is 2.45 bits per heavy atom. The van der Waals surface area contributed by atoms with Crippen molar-refractivity contribution in [2.45, 2.75) is 26.2 Å². The molecule has 112 valence electrons. The van der Waals surface area contributed by atoms with Crippen LogP contribution in [0.25, 0.3) is 22.6 Å². The molecule has 0 aliphatic rings. The maximum atomic E-state index is 13.3. The third-order valence-electron chi connectivity index (χ3n) is 3.78. The van der Waals surface area contributed by atoms with Gasteiger partial charge in [-0.1, -0.05) is 43.3 Å². The second kappa shape index (κ2) is 6.10. The Morgan fingerprint density at radius 1 is 1.05 bits per heavy atom. The lowest BCUT2D eigenvalue weighted by atomic mass is 10.0. The van der Waals surface area contributed by atoms with Crippen molar-refractivity contribution >= 4 is 0 Å². The number of hydrogen-bond donors (Lipinski definition) is 0. The van der Waals surface area contributed by atoms with E-state index in [1.807, 2.05) is 30.3 Å². The number of aromatic nitrogens is 2. The molecule has 0 fully saturated rings. The number of benzene rings is 2. The first-order valence-electron chi connectivity index (χ1n) is 7.37. The van der Waals surface area contributed by atoms with Crippen LogP contribution in [0.4, 0.5) is 4.39 Å². The summed E-state index contributed by atoms with van der Waals surface area (Å²) in [5, 5.41) is 4.02. The van der Waals surface area contributed by atoms with Crippen molar-refractivity contribution in [3.63, 3.8) is 0 Å². The first kappa shape index (κ1) is 14.4. The van der Waals surface area contributed by atoms with Gasteiger partial charge in [-0.25, -0.2) is 4.39 Å². The average Bonchev–Trinajstić information content (AvgIpc) is 3.04. The highest BCUT2D eigenvalue weighted by molar-refractivity contribution is 5.67. The zero-order valence-electron chi connectivity index (χ0n) is 12.6. The third kappa shape index (κ3) is 2.91. The second-order valence-electron chi connectivity index (χ2n) is 5.35. The van der Waals surface area contributed by atoms with Gasteiger partial charge in [-0.2, -0.15) is 4.98 Å². The molecule has 22 heavy (non-hydrogen) atoms. The van der Waals surface area contributed by atoms with Crippen LogP contribution >= 0.6 is 0 Å². The summed E-state index contributed by atoms with van der Waals surface area (Å²) in [6.07, 6.45) is 0.970. The molecule has 3 aromatic rings. The predicted molar refractivity (Wildman–Crippen MR) is 83.8 cm³/mol. The Bertz CT molecular complexity index is 765. The largest absolute Gasteiger partial charge is 0.334 e. The first-order valence-corrected chi connectivity index (χ1v) is 7.37. The van der Waals surface area contributed by atoms with Crippen LogP contribution in [0.5, 0.6) is 0 Å². The summed E-state index contributed by atoms with van der Waals surface area (Å²) in [5.74, 6) is 1.29. The minimum absolute atomic E-state index is 0.239. The average molecular weight is 296 g/mol. The number of halogens is 1. The van der Waals surface area contributed by atoms with E-state index in [1.165, 1.54) is 12.1 Å². The zero-order chi connectivity index (χ0) is 15.5. The highest BCUT2D eigenvalue weighted by Gasteiger charge is 2.13. The Morgan fingerprint density at radius 2 is 1.77 bits per heavy atom. The maximum Gasteiger partial charge on any atom is 0.257 e. The molecular weight excluding hydrogens is 279 g/mol. The Hall–Kier alpha value is -2.49. The summed E-state index contributed by atoms with van der Waals surface area (Å²) >= 11 is 0. The molecule has 1 atom stereocenters. The molecule has 0 saturated carbocycles. The van der Waals surface area contributed by atoms with E-state index in [1.54, 1.807) is 6.07 Å². The topological polar surface area (TPSA) is 38.9 Å². The summed E-state index contributed by atoms with van der Waals surface area (Å²) in [4.78, 5) is 4.43. The standard InChI is InChI=1S/C18H17FN2O/c1-3-12(2)17-20-18(22-21-17)14-9-7-13(8-10-14)15-5-4-6-16(19)11-15/h4-12H,3H2,1-2H3. The lowest BCUT2D eigenvalue weighted by Gasteiger charge is -2.02. The Kier molecular flexibility index (Phi) is 4.00. The number of nitrogens with zero attached hydrogens (tertiary/aromatic N) is 2. The highest BCUT2D eigenvalue weighted by Crippen LogP contribution is 2.25. The van der Waals surface area contributed by atoms with E-state index in [-0.39, 0.29) is 11.7 Å².